The molecule has 0 amide bonds. The van der Waals surface area contributed by atoms with Crippen LogP contribution in [0.1, 0.15) is 92.1 Å². The third-order valence-electron chi connectivity index (χ3n) is 12.7. The SMILES string of the molecule is CC(C)(C)[Si](C)(C)OCC(Nc1nc(OCc2ccccc2)c2ncn(C3C[C@H](O[Si](C)(C)C(C)(C)C)[C@@H](CO[Si](C)(C)C(C)(C)C)O3)c2n1)c1ccccc1. The van der Waals surface area contributed by atoms with E-state index in [2.05, 4.69) is 131 Å². The van der Waals surface area contributed by atoms with Gasteiger partial charge in [0.2, 0.25) is 11.8 Å². The molecule has 1 aliphatic rings. The van der Waals surface area contributed by atoms with E-state index < -0.39 is 25.0 Å². The molecule has 10 nitrogen and oxygen atoms in total. The van der Waals surface area contributed by atoms with Crippen LogP contribution in [0.2, 0.25) is 54.4 Å². The highest BCUT2D eigenvalue weighted by Crippen LogP contribution is 2.43. The number of fused-ring (bicyclic) bond motifs is 1. The third-order valence-corrected chi connectivity index (χ3v) is 26.2. The second-order valence-corrected chi connectivity index (χ2v) is 34.4. The number of rotatable bonds is 15. The molecule has 1 N–H and O–H groups in total. The van der Waals surface area contributed by atoms with Crippen LogP contribution in [0.25, 0.3) is 11.2 Å². The first-order valence-corrected chi connectivity index (χ1v) is 28.9. The topological polar surface area (TPSA) is 102 Å². The normalized spacial score (nSPS) is 19.4. The zero-order chi connectivity index (χ0) is 41.3. The van der Waals surface area contributed by atoms with Crippen molar-refractivity contribution >= 4 is 42.1 Å². The Bertz CT molecular complexity index is 1890. The summed E-state index contributed by atoms with van der Waals surface area (Å²) in [5.41, 5.74) is 3.33. The van der Waals surface area contributed by atoms with Gasteiger partial charge in [-0.15, -0.1) is 0 Å². The van der Waals surface area contributed by atoms with Gasteiger partial charge in [-0.1, -0.05) is 123 Å². The molecule has 0 radical (unpaired) electrons. The Kier molecular flexibility index (Phi) is 13.2. The molecule has 4 aromatic rings. The van der Waals surface area contributed by atoms with E-state index in [1.54, 1.807) is 6.33 Å². The van der Waals surface area contributed by atoms with Crippen LogP contribution >= 0.6 is 0 Å². The van der Waals surface area contributed by atoms with Gasteiger partial charge in [-0.3, -0.25) is 4.57 Å². The zero-order valence-corrected chi connectivity index (χ0v) is 39.8. The predicted octanol–water partition coefficient (Wildman–Crippen LogP) is 11.3. The van der Waals surface area contributed by atoms with E-state index in [1.807, 2.05) is 41.0 Å². The number of imidazole rings is 1. The molecule has 5 rings (SSSR count). The fourth-order valence-electron chi connectivity index (χ4n) is 5.77. The van der Waals surface area contributed by atoms with E-state index in [0.29, 0.717) is 49.2 Å². The number of benzene rings is 2. The highest BCUT2D eigenvalue weighted by molar-refractivity contribution is 6.75. The van der Waals surface area contributed by atoms with Crippen LogP contribution in [0, 0.1) is 0 Å². The average Bonchev–Trinajstić information content (AvgIpc) is 3.71. The van der Waals surface area contributed by atoms with E-state index >= 15 is 0 Å². The molecule has 1 aliphatic heterocycles. The van der Waals surface area contributed by atoms with Gasteiger partial charge in [0.05, 0.1) is 31.7 Å². The first kappa shape index (κ1) is 44.2. The van der Waals surface area contributed by atoms with Crippen molar-refractivity contribution < 1.29 is 22.8 Å². The fraction of sp³-hybridized carbons (Fsp3) is 0.605. The Hall–Kier alpha value is -2.92. The first-order chi connectivity index (χ1) is 25.9. The van der Waals surface area contributed by atoms with Crippen molar-refractivity contribution in [3.05, 3.63) is 78.1 Å². The average molecular weight is 820 g/mol. The van der Waals surface area contributed by atoms with Gasteiger partial charge in [-0.05, 0) is 65.5 Å². The minimum absolute atomic E-state index is 0.0417. The lowest BCUT2D eigenvalue weighted by Gasteiger charge is -2.40. The molecule has 2 aromatic heterocycles. The number of ether oxygens (including phenoxy) is 2. The van der Waals surface area contributed by atoms with Crippen LogP contribution < -0.4 is 10.1 Å². The highest BCUT2D eigenvalue weighted by Gasteiger charge is 2.47. The largest absolute Gasteiger partial charge is 0.471 e. The van der Waals surface area contributed by atoms with Gasteiger partial charge in [0.15, 0.2) is 36.1 Å². The number of nitrogens with zero attached hydrogens (tertiary/aromatic N) is 4. The molecule has 1 saturated heterocycles. The van der Waals surface area contributed by atoms with Crippen molar-refractivity contribution in [1.82, 2.24) is 19.5 Å². The standard InChI is InChI=1S/C43H69N5O5Si3/c1-41(2,3)54(10,11)50-28-33(32-24-20-17-21-25-32)45-40-46-38-37(39(47-40)49-27-31-22-18-16-19-23-31)44-30-48(38)36-26-34(53-56(14,15)43(7,8)9)35(52-36)29-51-55(12,13)42(4,5)6/h16-25,30,33-36H,26-29H2,1-15H3,(H,45,46,47)/t33?,34-,35+,36?/m0/s1. The Morgan fingerprint density at radius 3 is 1.93 bits per heavy atom. The second kappa shape index (κ2) is 16.7. The predicted molar refractivity (Wildman–Crippen MR) is 236 cm³/mol. The quantitative estimate of drug-likeness (QED) is 0.117. The summed E-state index contributed by atoms with van der Waals surface area (Å²) in [7, 11) is -6.26. The fourth-order valence-corrected chi connectivity index (χ4v) is 9.16. The smallest absolute Gasteiger partial charge is 0.247 e. The minimum Gasteiger partial charge on any atom is -0.471 e. The van der Waals surface area contributed by atoms with Gasteiger partial charge >= 0.3 is 0 Å². The molecular formula is C43H69N5O5Si3. The van der Waals surface area contributed by atoms with Crippen molar-refractivity contribution in [2.75, 3.05) is 18.5 Å². The molecule has 13 heteroatoms. The van der Waals surface area contributed by atoms with Gasteiger partial charge in [0.25, 0.3) is 0 Å². The van der Waals surface area contributed by atoms with Crippen LogP contribution in [0.15, 0.2) is 67.0 Å². The van der Waals surface area contributed by atoms with Gasteiger partial charge in [0, 0.05) is 6.42 Å². The Morgan fingerprint density at radius 2 is 1.34 bits per heavy atom. The monoisotopic (exact) mass is 819 g/mol. The second-order valence-electron chi connectivity index (χ2n) is 20.0. The van der Waals surface area contributed by atoms with E-state index in [4.69, 9.17) is 37.7 Å². The lowest BCUT2D eigenvalue weighted by molar-refractivity contribution is -0.0383. The van der Waals surface area contributed by atoms with Crippen LogP contribution in [0.3, 0.4) is 0 Å². The number of nitrogens with one attached hydrogen (secondary N) is 1. The summed E-state index contributed by atoms with van der Waals surface area (Å²) < 4.78 is 36.1. The molecule has 4 atom stereocenters. The summed E-state index contributed by atoms with van der Waals surface area (Å²) in [6.07, 6.45) is 1.68. The van der Waals surface area contributed by atoms with Gasteiger partial charge in [-0.25, -0.2) is 4.98 Å². The van der Waals surface area contributed by atoms with Crippen molar-refractivity contribution in [3.8, 4) is 5.88 Å². The summed E-state index contributed by atoms with van der Waals surface area (Å²) in [5.74, 6) is 0.835. The Balaban J connectivity index is 1.53. The number of aromatic nitrogens is 4. The van der Waals surface area contributed by atoms with E-state index in [0.717, 1.165) is 11.1 Å². The maximum atomic E-state index is 7.12. The first-order valence-electron chi connectivity index (χ1n) is 20.2. The molecule has 0 bridgehead atoms. The van der Waals surface area contributed by atoms with Gasteiger partial charge in [-0.2, -0.15) is 9.97 Å². The molecule has 0 aliphatic carbocycles. The van der Waals surface area contributed by atoms with Crippen LogP contribution in [-0.4, -0.2) is 69.9 Å². The molecule has 0 saturated carbocycles. The summed E-state index contributed by atoms with van der Waals surface area (Å²) in [6, 6.07) is 20.3. The summed E-state index contributed by atoms with van der Waals surface area (Å²) in [4.78, 5) is 15.0. The van der Waals surface area contributed by atoms with E-state index in [-0.39, 0.29) is 39.6 Å². The molecule has 2 aromatic carbocycles. The molecule has 2 unspecified atom stereocenters. The molecule has 308 valence electrons. The third kappa shape index (κ3) is 10.4. The van der Waals surface area contributed by atoms with Crippen LogP contribution in [0.5, 0.6) is 5.88 Å². The number of hydrogen-bond donors (Lipinski definition) is 1. The minimum atomic E-state index is -2.15. The Morgan fingerprint density at radius 1 is 0.768 bits per heavy atom. The van der Waals surface area contributed by atoms with Gasteiger partial charge in [0.1, 0.15) is 18.9 Å². The Labute approximate surface area is 339 Å². The molecule has 0 spiro atoms. The molecular weight excluding hydrogens is 751 g/mol. The summed E-state index contributed by atoms with van der Waals surface area (Å²) in [5, 5.41) is 3.83. The summed E-state index contributed by atoms with van der Waals surface area (Å²) in [6.45, 7) is 35.4. The lowest BCUT2D eigenvalue weighted by atomic mass is 10.1. The summed E-state index contributed by atoms with van der Waals surface area (Å²) >= 11 is 0. The van der Waals surface area contributed by atoms with Crippen molar-refractivity contribution in [2.45, 2.75) is 154 Å². The maximum absolute atomic E-state index is 7.12. The lowest BCUT2D eigenvalue weighted by Crippen LogP contribution is -2.48. The number of anilines is 1. The highest BCUT2D eigenvalue weighted by atomic mass is 28.4. The zero-order valence-electron chi connectivity index (χ0n) is 36.8. The van der Waals surface area contributed by atoms with Gasteiger partial charge < -0.3 is 28.1 Å². The van der Waals surface area contributed by atoms with Crippen molar-refractivity contribution in [2.24, 2.45) is 0 Å². The van der Waals surface area contributed by atoms with Crippen LogP contribution in [0.4, 0.5) is 5.95 Å². The van der Waals surface area contributed by atoms with E-state index in [1.165, 1.54) is 0 Å². The molecule has 3 heterocycles. The molecule has 56 heavy (non-hydrogen) atoms. The maximum Gasteiger partial charge on any atom is 0.247 e. The van der Waals surface area contributed by atoms with E-state index in [9.17, 15) is 0 Å². The van der Waals surface area contributed by atoms with Crippen LogP contribution in [-0.2, 0) is 24.6 Å². The number of hydrogen-bond acceptors (Lipinski definition) is 9. The van der Waals surface area contributed by atoms with Crippen molar-refractivity contribution in [1.29, 1.82) is 0 Å². The van der Waals surface area contributed by atoms with Crippen molar-refractivity contribution in [3.63, 3.8) is 0 Å². The molecule has 1 fully saturated rings.